The zero-order valence-electron chi connectivity index (χ0n) is 26.2. The van der Waals surface area contributed by atoms with Crippen molar-refractivity contribution in [2.75, 3.05) is 5.32 Å². The number of phenols is 2. The number of fused-ring (bicyclic) bond motifs is 13. The third-order valence-electron chi connectivity index (χ3n) is 8.92. The van der Waals surface area contributed by atoms with Crippen molar-refractivity contribution in [2.24, 2.45) is 17.6 Å². The van der Waals surface area contributed by atoms with Crippen molar-refractivity contribution in [2.45, 2.75) is 85.5 Å². The smallest absolute Gasteiger partial charge is 0.312 e. The van der Waals surface area contributed by atoms with E-state index in [4.69, 9.17) is 15.2 Å². The molecular weight excluding hydrogens is 558 g/mol. The summed E-state index contributed by atoms with van der Waals surface area (Å²) in [5.74, 6) is -2.18. The van der Waals surface area contributed by atoms with Crippen LogP contribution in [0.25, 0.3) is 21.7 Å². The molecule has 5 bridgehead atoms. The minimum atomic E-state index is -1.68. The molecule has 3 atom stereocenters. The summed E-state index contributed by atoms with van der Waals surface area (Å²) in [4.78, 5) is 30.6. The molecule has 6 N–H and O–H groups in total. The number of hydrogen-bond acceptors (Lipinski definition) is 7. The van der Waals surface area contributed by atoms with Crippen LogP contribution in [0.4, 0.5) is 5.69 Å². The van der Waals surface area contributed by atoms with E-state index in [0.29, 0.717) is 33.9 Å². The second-order valence-electron chi connectivity index (χ2n) is 12.4. The van der Waals surface area contributed by atoms with Crippen LogP contribution in [0.2, 0.25) is 0 Å². The molecule has 0 unspecified atom stereocenters. The normalized spacial score (nSPS) is 26.3. The molecule has 9 nitrogen and oxygen atoms in total. The monoisotopic (exact) mass is 601 g/mol. The molecule has 0 spiro atoms. The number of aromatic nitrogens is 1. The molecule has 3 aliphatic heterocycles. The van der Waals surface area contributed by atoms with E-state index in [-0.39, 0.29) is 51.4 Å². The molecule has 2 aromatic carbocycles. The molecule has 234 valence electrons. The maximum atomic E-state index is 14.0. The van der Waals surface area contributed by atoms with E-state index in [1.165, 1.54) is 6.26 Å². The van der Waals surface area contributed by atoms with Gasteiger partial charge in [-0.15, -0.1) is 0 Å². The van der Waals surface area contributed by atoms with Gasteiger partial charge in [0.25, 0.3) is 11.7 Å². The zero-order valence-corrected chi connectivity index (χ0v) is 26.2. The predicted molar refractivity (Wildman–Crippen MR) is 173 cm³/mol. The van der Waals surface area contributed by atoms with E-state index >= 15 is 0 Å². The molecule has 0 saturated carbocycles. The van der Waals surface area contributed by atoms with Crippen LogP contribution in [0.15, 0.2) is 42.3 Å². The van der Waals surface area contributed by atoms with Crippen molar-refractivity contribution in [3.8, 4) is 17.2 Å². The van der Waals surface area contributed by atoms with Crippen molar-refractivity contribution >= 4 is 39.1 Å². The van der Waals surface area contributed by atoms with Gasteiger partial charge in [-0.1, -0.05) is 57.8 Å². The van der Waals surface area contributed by atoms with Gasteiger partial charge in [0, 0.05) is 41.6 Å². The number of nitrogens with two attached hydrogens (primary N) is 1. The number of ether oxygens (including phenoxy) is 2. The Hall–Kier alpha value is -4.24. The maximum absolute atomic E-state index is 14.0. The minimum Gasteiger partial charge on any atom is -0.507 e. The van der Waals surface area contributed by atoms with Gasteiger partial charge in [0.15, 0.2) is 5.75 Å². The molecule has 4 heterocycles. The lowest BCUT2D eigenvalue weighted by Gasteiger charge is -2.21. The van der Waals surface area contributed by atoms with Crippen LogP contribution in [0.5, 0.6) is 17.2 Å². The average Bonchev–Trinajstić information content (AvgIpc) is 3.53. The highest BCUT2D eigenvalue weighted by atomic mass is 16.7. The van der Waals surface area contributed by atoms with E-state index in [1.807, 2.05) is 12.2 Å². The summed E-state index contributed by atoms with van der Waals surface area (Å²) in [7, 11) is 0. The van der Waals surface area contributed by atoms with Gasteiger partial charge in [-0.2, -0.15) is 0 Å². The molecule has 1 aromatic heterocycles. The Balaban J connectivity index is 1.69. The first-order valence-corrected chi connectivity index (χ1v) is 15.5. The summed E-state index contributed by atoms with van der Waals surface area (Å²) < 4.78 is 12.1. The van der Waals surface area contributed by atoms with Gasteiger partial charge in [0.05, 0.1) is 28.4 Å². The van der Waals surface area contributed by atoms with E-state index in [1.54, 1.807) is 33.0 Å². The first-order valence-electron chi connectivity index (χ1n) is 15.5. The van der Waals surface area contributed by atoms with Gasteiger partial charge in [0.1, 0.15) is 11.5 Å². The molecule has 44 heavy (non-hydrogen) atoms. The third-order valence-corrected chi connectivity index (χ3v) is 8.92. The number of amides is 1. The lowest BCUT2D eigenvalue weighted by molar-refractivity contribution is -0.112. The minimum absolute atomic E-state index is 0.0184. The Morgan fingerprint density at radius 3 is 2.55 bits per heavy atom. The highest BCUT2D eigenvalue weighted by Crippen LogP contribution is 2.54. The summed E-state index contributed by atoms with van der Waals surface area (Å²) in [6, 6.07) is 0. The number of aromatic amines is 1. The SMILES string of the molecule is C/C1=C/C=C/[C@H](C)CCCCC[C@H](C)C/C=C/O[C@@]2(C)Oc3c(C)c(O)c4c(O)c(c5c(CN)c[nH]c5c4c3C2=O)NC1=O. The van der Waals surface area contributed by atoms with Crippen LogP contribution < -0.4 is 15.8 Å². The number of aromatic hydroxyl groups is 2. The number of carbonyl (C=O) groups is 2. The highest BCUT2D eigenvalue weighted by Gasteiger charge is 2.49. The predicted octanol–water partition coefficient (Wildman–Crippen LogP) is 7.39. The summed E-state index contributed by atoms with van der Waals surface area (Å²) in [5, 5.41) is 26.6. The number of Topliss-reactive ketones (excluding diaryl/α,β-unsaturated/α-hetero) is 1. The maximum Gasteiger partial charge on any atom is 0.312 e. The van der Waals surface area contributed by atoms with E-state index in [0.717, 1.165) is 38.5 Å². The number of ketones is 1. The number of nitrogens with one attached hydrogen (secondary N) is 2. The second kappa shape index (κ2) is 12.4. The molecule has 6 rings (SSSR count). The number of anilines is 1. The van der Waals surface area contributed by atoms with Crippen LogP contribution >= 0.6 is 0 Å². The molecule has 0 radical (unpaired) electrons. The molecule has 3 aliphatic rings. The number of hydrogen-bond donors (Lipinski definition) is 5. The quantitative estimate of drug-likeness (QED) is 0.183. The van der Waals surface area contributed by atoms with E-state index in [2.05, 4.69) is 30.2 Å². The van der Waals surface area contributed by atoms with Crippen LogP contribution in [0, 0.1) is 18.8 Å². The second-order valence-corrected chi connectivity index (χ2v) is 12.4. The van der Waals surface area contributed by atoms with Gasteiger partial charge in [0.2, 0.25) is 0 Å². The lowest BCUT2D eigenvalue weighted by atomic mass is 9.92. The number of carbonyl (C=O) groups excluding carboxylic acids is 2. The molecule has 0 aliphatic carbocycles. The first-order chi connectivity index (χ1) is 21.0. The van der Waals surface area contributed by atoms with Gasteiger partial charge in [-0.25, -0.2) is 0 Å². The fraction of sp³-hybridized carbons (Fsp3) is 0.429. The zero-order chi connectivity index (χ0) is 31.8. The Labute approximate surface area is 257 Å². The molecule has 9 heteroatoms. The van der Waals surface area contributed by atoms with Crippen molar-refractivity contribution in [3.63, 3.8) is 0 Å². The van der Waals surface area contributed by atoms with Gasteiger partial charge >= 0.3 is 5.79 Å². The van der Waals surface area contributed by atoms with Gasteiger partial charge in [-0.05, 0) is 50.2 Å². The van der Waals surface area contributed by atoms with Gasteiger partial charge < -0.3 is 35.7 Å². The number of allylic oxidation sites excluding steroid dienone is 4. The van der Waals surface area contributed by atoms with Crippen molar-refractivity contribution in [1.82, 2.24) is 4.98 Å². The fourth-order valence-corrected chi connectivity index (χ4v) is 6.18. The largest absolute Gasteiger partial charge is 0.507 e. The Morgan fingerprint density at radius 1 is 1.05 bits per heavy atom. The Morgan fingerprint density at radius 2 is 1.80 bits per heavy atom. The topological polar surface area (TPSA) is 147 Å². The van der Waals surface area contributed by atoms with Crippen LogP contribution in [0.1, 0.15) is 87.7 Å². The van der Waals surface area contributed by atoms with Crippen LogP contribution in [0.3, 0.4) is 0 Å². The van der Waals surface area contributed by atoms with Crippen LogP contribution in [-0.4, -0.2) is 32.7 Å². The van der Waals surface area contributed by atoms with Crippen LogP contribution in [-0.2, 0) is 16.1 Å². The van der Waals surface area contributed by atoms with Crippen molar-refractivity contribution < 1.29 is 29.3 Å². The average molecular weight is 602 g/mol. The van der Waals surface area contributed by atoms with E-state index < -0.39 is 17.5 Å². The summed E-state index contributed by atoms with van der Waals surface area (Å²) in [5.41, 5.74) is 8.08. The molecule has 3 aromatic rings. The standard InChI is InChI=1S/C35H43N3O6/c1-19-11-7-6-8-12-20(2)14-10-16-43-35(5)33(41)27-25-26(30(39)22(4)32(27)44-35)31(40)29(24-23(17-36)18-37-28(24)25)38-34(42)21(3)15-9-13-19/h9-10,13,15-16,18-20,37,39-40H,6-8,11-12,14,17,36H2,1-5H3,(H,38,42)/b13-9+,16-10+,21-15-/t19-,20+,35+/m1/s1. The third kappa shape index (κ3) is 5.56. The summed E-state index contributed by atoms with van der Waals surface area (Å²) in [6.07, 6.45) is 17.2. The Bertz CT molecular complexity index is 1710. The molecule has 1 amide bonds. The fourth-order valence-electron chi connectivity index (χ4n) is 6.18. The number of H-pyrrole nitrogens is 1. The first kappa shape index (κ1) is 31.2. The lowest BCUT2D eigenvalue weighted by Crippen LogP contribution is -2.38. The summed E-state index contributed by atoms with van der Waals surface area (Å²) >= 11 is 0. The number of rotatable bonds is 1. The molecular formula is C35H43N3O6. The van der Waals surface area contributed by atoms with Crippen molar-refractivity contribution in [1.29, 1.82) is 0 Å². The molecule has 0 saturated heterocycles. The van der Waals surface area contributed by atoms with E-state index in [9.17, 15) is 19.8 Å². The number of phenolic OH excluding ortho intramolecular Hbond substituents is 2. The number of benzene rings is 2. The highest BCUT2D eigenvalue weighted by molar-refractivity contribution is 6.29. The van der Waals surface area contributed by atoms with Gasteiger partial charge in [-0.3, -0.25) is 9.59 Å². The summed E-state index contributed by atoms with van der Waals surface area (Å²) in [6.45, 7) is 9.33. The molecule has 0 fully saturated rings. The Kier molecular flexibility index (Phi) is 8.79. The van der Waals surface area contributed by atoms with Crippen molar-refractivity contribution in [3.05, 3.63) is 59.0 Å².